The van der Waals surface area contributed by atoms with E-state index in [0.29, 0.717) is 24.1 Å². The predicted molar refractivity (Wildman–Crippen MR) is 108 cm³/mol. The zero-order valence-corrected chi connectivity index (χ0v) is 16.4. The van der Waals surface area contributed by atoms with Gasteiger partial charge in [0.1, 0.15) is 30.1 Å². The Labute approximate surface area is 167 Å². The smallest absolute Gasteiger partial charge is 0.241 e. The number of ether oxygens (including phenoxy) is 2. The zero-order chi connectivity index (χ0) is 19.9. The number of rotatable bonds is 6. The van der Waals surface area contributed by atoms with Crippen LogP contribution in [-0.2, 0) is 9.59 Å². The molecule has 3 rings (SSSR count). The molecule has 0 saturated heterocycles. The third-order valence-corrected chi connectivity index (χ3v) is 4.87. The maximum Gasteiger partial charge on any atom is 0.241 e. The SMILES string of the molecule is CC(=O)NC1=NN(C(C)=O)[C@@H](c2ccccc2OCCOc2ccccc2)S1. The summed E-state index contributed by atoms with van der Waals surface area (Å²) < 4.78 is 11.5. The average molecular weight is 399 g/mol. The van der Waals surface area contributed by atoms with Crippen LogP contribution in [0.1, 0.15) is 24.8 Å². The molecule has 1 aliphatic rings. The molecule has 0 saturated carbocycles. The van der Waals surface area contributed by atoms with Crippen LogP contribution in [0.3, 0.4) is 0 Å². The van der Waals surface area contributed by atoms with Crippen molar-refractivity contribution in [2.75, 3.05) is 13.2 Å². The molecule has 8 heteroatoms. The molecule has 0 aliphatic carbocycles. The lowest BCUT2D eigenvalue weighted by atomic mass is 10.2. The van der Waals surface area contributed by atoms with Crippen LogP contribution >= 0.6 is 11.8 Å². The number of carbonyl (C=O) groups excluding carboxylic acids is 2. The maximum absolute atomic E-state index is 12.0. The standard InChI is InChI=1S/C20H21N3O4S/c1-14(24)21-20-22-23(15(2)25)19(28-20)17-10-6-7-11-18(17)27-13-12-26-16-8-4-3-5-9-16/h3-11,19H,12-13H2,1-2H3,(H,21,22,24)/t19-/m1/s1. The number of hydrogen-bond acceptors (Lipinski definition) is 6. The Balaban J connectivity index is 1.67. The van der Waals surface area contributed by atoms with Crippen molar-refractivity contribution in [1.29, 1.82) is 0 Å². The highest BCUT2D eigenvalue weighted by Gasteiger charge is 2.34. The van der Waals surface area contributed by atoms with E-state index < -0.39 is 5.37 Å². The molecule has 28 heavy (non-hydrogen) atoms. The van der Waals surface area contributed by atoms with Crippen LogP contribution in [0.15, 0.2) is 59.7 Å². The Bertz CT molecular complexity index is 873. The van der Waals surface area contributed by atoms with Gasteiger partial charge in [-0.25, -0.2) is 5.01 Å². The van der Waals surface area contributed by atoms with Crippen LogP contribution in [0, 0.1) is 0 Å². The molecule has 2 amide bonds. The highest BCUT2D eigenvalue weighted by Crippen LogP contribution is 2.42. The second kappa shape index (κ2) is 9.27. The summed E-state index contributed by atoms with van der Waals surface area (Å²) in [6.45, 7) is 3.58. The summed E-state index contributed by atoms with van der Waals surface area (Å²) in [6.07, 6.45) is 0. The van der Waals surface area contributed by atoms with Gasteiger partial charge >= 0.3 is 0 Å². The Kier molecular flexibility index (Phi) is 6.54. The number of nitrogens with zero attached hydrogens (tertiary/aromatic N) is 2. The first-order valence-corrected chi connectivity index (χ1v) is 9.65. The number of benzene rings is 2. The Morgan fingerprint density at radius 3 is 2.43 bits per heavy atom. The number of hydrazone groups is 1. The summed E-state index contributed by atoms with van der Waals surface area (Å²) in [5, 5.41) is 8.17. The second-order valence-electron chi connectivity index (χ2n) is 5.97. The Morgan fingerprint density at radius 2 is 1.71 bits per heavy atom. The molecule has 1 atom stereocenters. The van der Waals surface area contributed by atoms with Crippen molar-refractivity contribution in [3.05, 3.63) is 60.2 Å². The Hall–Kier alpha value is -3.00. The number of thioether (sulfide) groups is 1. The van der Waals surface area contributed by atoms with Gasteiger partial charge in [0.05, 0.1) is 0 Å². The third kappa shape index (κ3) is 5.04. The number of carbonyl (C=O) groups is 2. The van der Waals surface area contributed by atoms with Gasteiger partial charge in [-0.05, 0) is 18.2 Å². The van der Waals surface area contributed by atoms with Crippen LogP contribution in [0.4, 0.5) is 0 Å². The second-order valence-corrected chi connectivity index (χ2v) is 7.04. The molecule has 0 fully saturated rings. The molecule has 1 N–H and O–H groups in total. The lowest BCUT2D eigenvalue weighted by Crippen LogP contribution is -2.25. The maximum atomic E-state index is 12.0. The molecule has 0 spiro atoms. The summed E-state index contributed by atoms with van der Waals surface area (Å²) >= 11 is 1.29. The van der Waals surface area contributed by atoms with E-state index in [0.717, 1.165) is 11.3 Å². The number of nitrogens with one attached hydrogen (secondary N) is 1. The van der Waals surface area contributed by atoms with Gasteiger partial charge in [0.15, 0.2) is 5.17 Å². The quantitative estimate of drug-likeness (QED) is 0.755. The van der Waals surface area contributed by atoms with E-state index in [-0.39, 0.29) is 11.8 Å². The van der Waals surface area contributed by atoms with Crippen molar-refractivity contribution in [3.63, 3.8) is 0 Å². The molecule has 1 aliphatic heterocycles. The van der Waals surface area contributed by atoms with Gasteiger partial charge in [0, 0.05) is 19.4 Å². The van der Waals surface area contributed by atoms with Gasteiger partial charge < -0.3 is 14.8 Å². The van der Waals surface area contributed by atoms with Gasteiger partial charge in [0.2, 0.25) is 11.8 Å². The highest BCUT2D eigenvalue weighted by atomic mass is 32.2. The van der Waals surface area contributed by atoms with Crippen molar-refractivity contribution in [2.24, 2.45) is 5.10 Å². The molecular weight excluding hydrogens is 378 g/mol. The van der Waals surface area contributed by atoms with E-state index in [4.69, 9.17) is 9.47 Å². The molecule has 7 nitrogen and oxygen atoms in total. The topological polar surface area (TPSA) is 80.2 Å². The van der Waals surface area contributed by atoms with Gasteiger partial charge in [-0.15, -0.1) is 5.10 Å². The lowest BCUT2D eigenvalue weighted by Gasteiger charge is -2.21. The summed E-state index contributed by atoms with van der Waals surface area (Å²) in [6, 6.07) is 17.0. The number of hydrogen-bond donors (Lipinski definition) is 1. The van der Waals surface area contributed by atoms with E-state index in [2.05, 4.69) is 10.4 Å². The molecule has 0 unspecified atom stereocenters. The van der Waals surface area contributed by atoms with E-state index in [9.17, 15) is 9.59 Å². The zero-order valence-electron chi connectivity index (χ0n) is 15.6. The molecule has 1 heterocycles. The van der Waals surface area contributed by atoms with Crippen LogP contribution in [0.25, 0.3) is 0 Å². The minimum absolute atomic E-state index is 0.222. The fraction of sp³-hybridized carbons (Fsp3) is 0.250. The highest BCUT2D eigenvalue weighted by molar-refractivity contribution is 8.14. The summed E-state index contributed by atoms with van der Waals surface area (Å²) in [5.74, 6) is 0.960. The lowest BCUT2D eigenvalue weighted by molar-refractivity contribution is -0.129. The van der Waals surface area contributed by atoms with Crippen LogP contribution in [0.2, 0.25) is 0 Å². The molecule has 0 aromatic heterocycles. The molecule has 0 bridgehead atoms. The fourth-order valence-corrected chi connectivity index (χ4v) is 3.78. The fourth-order valence-electron chi connectivity index (χ4n) is 2.61. The van der Waals surface area contributed by atoms with Gasteiger partial charge in [-0.1, -0.05) is 48.2 Å². The number of amidine groups is 1. The number of amides is 2. The van der Waals surface area contributed by atoms with E-state index >= 15 is 0 Å². The van der Waals surface area contributed by atoms with E-state index in [1.54, 1.807) is 0 Å². The van der Waals surface area contributed by atoms with E-state index in [1.165, 1.54) is 30.6 Å². The van der Waals surface area contributed by atoms with Crippen LogP contribution in [0.5, 0.6) is 11.5 Å². The normalized spacial score (nSPS) is 15.7. The average Bonchev–Trinajstić information content (AvgIpc) is 3.09. The van der Waals surface area contributed by atoms with Crippen molar-refractivity contribution in [2.45, 2.75) is 19.2 Å². The first-order chi connectivity index (χ1) is 13.5. The van der Waals surface area contributed by atoms with Crippen LogP contribution in [-0.4, -0.2) is 35.2 Å². The predicted octanol–water partition coefficient (Wildman–Crippen LogP) is 3.15. The molecule has 0 radical (unpaired) electrons. The van der Waals surface area contributed by atoms with Gasteiger partial charge in [0.25, 0.3) is 0 Å². The van der Waals surface area contributed by atoms with E-state index in [1.807, 2.05) is 54.6 Å². The van der Waals surface area contributed by atoms with Gasteiger partial charge in [-0.3, -0.25) is 9.59 Å². The van der Waals surface area contributed by atoms with Crippen LogP contribution < -0.4 is 14.8 Å². The monoisotopic (exact) mass is 399 g/mol. The minimum atomic E-state index is -0.411. The molecule has 2 aromatic carbocycles. The molecule has 2 aromatic rings. The van der Waals surface area contributed by atoms with Crippen molar-refractivity contribution < 1.29 is 19.1 Å². The van der Waals surface area contributed by atoms with Crippen molar-refractivity contribution in [1.82, 2.24) is 10.3 Å². The number of para-hydroxylation sites is 2. The largest absolute Gasteiger partial charge is 0.490 e. The van der Waals surface area contributed by atoms with Gasteiger partial charge in [-0.2, -0.15) is 0 Å². The first-order valence-electron chi connectivity index (χ1n) is 8.77. The van der Waals surface area contributed by atoms with Crippen molar-refractivity contribution in [3.8, 4) is 11.5 Å². The summed E-state index contributed by atoms with van der Waals surface area (Å²) in [4.78, 5) is 23.4. The van der Waals surface area contributed by atoms with Crippen molar-refractivity contribution >= 4 is 28.7 Å². The third-order valence-electron chi connectivity index (χ3n) is 3.79. The summed E-state index contributed by atoms with van der Waals surface area (Å²) in [5.41, 5.74) is 0.798. The summed E-state index contributed by atoms with van der Waals surface area (Å²) in [7, 11) is 0. The molecular formula is C20H21N3O4S. The molecule has 146 valence electrons. The first kappa shape index (κ1) is 19.8. The minimum Gasteiger partial charge on any atom is -0.490 e. The Morgan fingerprint density at radius 1 is 1.04 bits per heavy atom.